The minimum absolute atomic E-state index is 0.111. The van der Waals surface area contributed by atoms with Gasteiger partial charge in [-0.3, -0.25) is 0 Å². The van der Waals surface area contributed by atoms with Crippen LogP contribution in [0.1, 0.15) is 5.56 Å². The Morgan fingerprint density at radius 2 is 2.09 bits per heavy atom. The molecule has 0 saturated heterocycles. The van der Waals surface area contributed by atoms with Crippen molar-refractivity contribution in [3.8, 4) is 5.69 Å². The molecule has 3 N–H and O–H groups in total. The highest BCUT2D eigenvalue weighted by atomic mass is 35.5. The second-order valence-electron chi connectivity index (χ2n) is 4.55. The van der Waals surface area contributed by atoms with Crippen LogP contribution in [0.25, 0.3) is 5.69 Å². The highest BCUT2D eigenvalue weighted by molar-refractivity contribution is 6.30. The van der Waals surface area contributed by atoms with E-state index in [0.717, 1.165) is 12.1 Å². The van der Waals surface area contributed by atoms with E-state index in [1.54, 1.807) is 0 Å². The molecule has 0 saturated carbocycles. The van der Waals surface area contributed by atoms with E-state index >= 15 is 0 Å². The molecule has 0 aliphatic rings. The molecule has 0 bridgehead atoms. The van der Waals surface area contributed by atoms with Gasteiger partial charge in [0.25, 0.3) is 0 Å². The highest BCUT2D eigenvalue weighted by Crippen LogP contribution is 2.33. The number of nitrogens with zero attached hydrogens (tertiary/aromatic N) is 2. The van der Waals surface area contributed by atoms with Crippen molar-refractivity contribution in [1.29, 1.82) is 0 Å². The van der Waals surface area contributed by atoms with Crippen molar-refractivity contribution < 1.29 is 23.4 Å². The summed E-state index contributed by atoms with van der Waals surface area (Å²) in [4.78, 5) is 0. The minimum atomic E-state index is -4.49. The number of halogens is 4. The lowest BCUT2D eigenvalue weighted by molar-refractivity contribution is -0.137. The molecule has 1 unspecified atom stereocenters. The zero-order valence-electron chi connectivity index (χ0n) is 11.2. The molecular formula is C13H13ClF3N3O2. The molecule has 0 aliphatic heterocycles. The number of benzene rings is 1. The van der Waals surface area contributed by atoms with Gasteiger partial charge >= 0.3 is 6.18 Å². The Labute approximate surface area is 128 Å². The van der Waals surface area contributed by atoms with Gasteiger partial charge in [0.2, 0.25) is 0 Å². The quantitative estimate of drug-likeness (QED) is 0.784. The Balaban J connectivity index is 2.39. The molecule has 1 aromatic heterocycles. The molecule has 2 rings (SSSR count). The van der Waals surface area contributed by atoms with Gasteiger partial charge in [-0.15, -0.1) is 0 Å². The van der Waals surface area contributed by atoms with E-state index < -0.39 is 24.5 Å². The standard InChI is InChI=1S/C13H13ClF3N3O2/c14-9-4-19-20(6-9)12-2-1-8(13(15,16)17)3-11(12)18-5-10(22)7-21/h1-4,6,10,18,21-22H,5,7H2. The zero-order valence-corrected chi connectivity index (χ0v) is 11.9. The van der Waals surface area contributed by atoms with Crippen molar-refractivity contribution in [1.82, 2.24) is 9.78 Å². The van der Waals surface area contributed by atoms with Crippen LogP contribution in [0.5, 0.6) is 0 Å². The van der Waals surface area contributed by atoms with E-state index in [4.69, 9.17) is 16.7 Å². The molecule has 0 spiro atoms. The largest absolute Gasteiger partial charge is 0.416 e. The number of nitrogens with one attached hydrogen (secondary N) is 1. The van der Waals surface area contributed by atoms with Crippen LogP contribution in [0.4, 0.5) is 18.9 Å². The van der Waals surface area contributed by atoms with Gasteiger partial charge in [0.1, 0.15) is 0 Å². The van der Waals surface area contributed by atoms with Crippen LogP contribution in [-0.2, 0) is 6.18 Å². The Kier molecular flexibility index (Phi) is 4.94. The van der Waals surface area contributed by atoms with Crippen LogP contribution in [-0.4, -0.2) is 39.2 Å². The smallest absolute Gasteiger partial charge is 0.394 e. The van der Waals surface area contributed by atoms with Crippen molar-refractivity contribution >= 4 is 17.3 Å². The first-order chi connectivity index (χ1) is 10.3. The van der Waals surface area contributed by atoms with Crippen molar-refractivity contribution in [3.63, 3.8) is 0 Å². The van der Waals surface area contributed by atoms with E-state index in [9.17, 15) is 18.3 Å². The van der Waals surface area contributed by atoms with E-state index in [0.29, 0.717) is 10.7 Å². The van der Waals surface area contributed by atoms with Gasteiger partial charge in [-0.1, -0.05) is 11.6 Å². The summed E-state index contributed by atoms with van der Waals surface area (Å²) in [6.07, 6.45) is -2.79. The van der Waals surface area contributed by atoms with Crippen LogP contribution >= 0.6 is 11.6 Å². The lowest BCUT2D eigenvalue weighted by Gasteiger charge is -2.16. The van der Waals surface area contributed by atoms with Crippen LogP contribution in [0.2, 0.25) is 5.02 Å². The predicted molar refractivity (Wildman–Crippen MR) is 75.2 cm³/mol. The summed E-state index contributed by atoms with van der Waals surface area (Å²) in [5, 5.41) is 25.1. The molecule has 0 aliphatic carbocycles. The molecule has 2 aromatic rings. The summed E-state index contributed by atoms with van der Waals surface area (Å²) in [6.45, 7) is -0.616. The highest BCUT2D eigenvalue weighted by Gasteiger charge is 2.31. The second kappa shape index (κ2) is 6.55. The first kappa shape index (κ1) is 16.6. The molecule has 120 valence electrons. The predicted octanol–water partition coefficient (Wildman–Crippen LogP) is 2.31. The maximum absolute atomic E-state index is 12.8. The Morgan fingerprint density at radius 1 is 1.36 bits per heavy atom. The molecule has 9 heteroatoms. The Hall–Kier alpha value is -1.77. The normalized spacial score (nSPS) is 13.2. The number of rotatable bonds is 5. The molecule has 1 aromatic carbocycles. The number of alkyl halides is 3. The fourth-order valence-electron chi connectivity index (χ4n) is 1.78. The van der Waals surface area contributed by atoms with Gasteiger partial charge in [0.15, 0.2) is 0 Å². The van der Waals surface area contributed by atoms with Gasteiger partial charge in [0, 0.05) is 12.7 Å². The Morgan fingerprint density at radius 3 is 2.64 bits per heavy atom. The average Bonchev–Trinajstić information content (AvgIpc) is 2.89. The third-order valence-electron chi connectivity index (χ3n) is 2.86. The number of anilines is 1. The van der Waals surface area contributed by atoms with Crippen LogP contribution < -0.4 is 5.32 Å². The molecule has 1 atom stereocenters. The number of hydrogen-bond acceptors (Lipinski definition) is 4. The fraction of sp³-hybridized carbons (Fsp3) is 0.308. The third kappa shape index (κ3) is 3.90. The number of aliphatic hydroxyl groups is 2. The van der Waals surface area contributed by atoms with Crippen LogP contribution in [0, 0.1) is 0 Å². The number of aliphatic hydroxyl groups excluding tert-OH is 2. The van der Waals surface area contributed by atoms with Crippen molar-refractivity contribution in [2.75, 3.05) is 18.5 Å². The van der Waals surface area contributed by atoms with Crippen molar-refractivity contribution in [3.05, 3.63) is 41.2 Å². The van der Waals surface area contributed by atoms with Gasteiger partial charge in [0.05, 0.1) is 40.9 Å². The van der Waals surface area contributed by atoms with Crippen molar-refractivity contribution in [2.45, 2.75) is 12.3 Å². The summed E-state index contributed by atoms with van der Waals surface area (Å²) >= 11 is 5.76. The van der Waals surface area contributed by atoms with Crippen molar-refractivity contribution in [2.24, 2.45) is 0 Å². The summed E-state index contributed by atoms with van der Waals surface area (Å²) in [5.74, 6) is 0. The number of hydrogen-bond donors (Lipinski definition) is 3. The van der Waals surface area contributed by atoms with Crippen LogP contribution in [0.3, 0.4) is 0 Å². The SMILES string of the molecule is OCC(O)CNc1cc(C(F)(F)F)ccc1-n1cc(Cl)cn1. The molecule has 0 amide bonds. The second-order valence-corrected chi connectivity index (χ2v) is 4.99. The van der Waals surface area contributed by atoms with E-state index in [1.165, 1.54) is 23.1 Å². The molecule has 22 heavy (non-hydrogen) atoms. The molecule has 0 radical (unpaired) electrons. The van der Waals surface area contributed by atoms with Gasteiger partial charge in [-0.2, -0.15) is 18.3 Å². The van der Waals surface area contributed by atoms with Gasteiger partial charge in [-0.25, -0.2) is 4.68 Å². The summed E-state index contributed by atoms with van der Waals surface area (Å²) < 4.78 is 39.7. The van der Waals surface area contributed by atoms with E-state index in [2.05, 4.69) is 10.4 Å². The lowest BCUT2D eigenvalue weighted by Crippen LogP contribution is -2.23. The summed E-state index contributed by atoms with van der Waals surface area (Å²) in [5.41, 5.74) is -0.386. The maximum Gasteiger partial charge on any atom is 0.416 e. The maximum atomic E-state index is 12.8. The first-order valence-corrected chi connectivity index (χ1v) is 6.63. The van der Waals surface area contributed by atoms with E-state index in [-0.39, 0.29) is 12.2 Å². The van der Waals surface area contributed by atoms with Crippen LogP contribution in [0.15, 0.2) is 30.6 Å². The molecule has 5 nitrogen and oxygen atoms in total. The first-order valence-electron chi connectivity index (χ1n) is 6.26. The monoisotopic (exact) mass is 335 g/mol. The molecule has 1 heterocycles. The third-order valence-corrected chi connectivity index (χ3v) is 3.06. The topological polar surface area (TPSA) is 70.3 Å². The summed E-state index contributed by atoms with van der Waals surface area (Å²) in [6, 6.07) is 3.09. The fourth-order valence-corrected chi connectivity index (χ4v) is 1.91. The van der Waals surface area contributed by atoms with E-state index in [1.807, 2.05) is 0 Å². The Bertz CT molecular complexity index is 646. The molecular weight excluding hydrogens is 323 g/mol. The minimum Gasteiger partial charge on any atom is -0.394 e. The van der Waals surface area contributed by atoms with Gasteiger partial charge < -0.3 is 15.5 Å². The number of aromatic nitrogens is 2. The zero-order chi connectivity index (χ0) is 16.3. The lowest BCUT2D eigenvalue weighted by atomic mass is 10.1. The summed E-state index contributed by atoms with van der Waals surface area (Å²) in [7, 11) is 0. The van der Waals surface area contributed by atoms with Gasteiger partial charge in [-0.05, 0) is 18.2 Å². The molecule has 0 fully saturated rings. The average molecular weight is 336 g/mol.